The van der Waals surface area contributed by atoms with Crippen molar-refractivity contribution in [3.63, 3.8) is 0 Å². The zero-order valence-corrected chi connectivity index (χ0v) is 7.59. The maximum atomic E-state index is 11.0. The van der Waals surface area contributed by atoms with E-state index < -0.39 is 0 Å². The molecule has 0 saturated carbocycles. The normalized spacial score (nSPS) is 9.31. The van der Waals surface area contributed by atoms with Crippen LogP contribution in [0.25, 0.3) is 0 Å². The molecule has 0 aliphatic carbocycles. The second kappa shape index (κ2) is 3.46. The molecule has 0 unspecified atom stereocenters. The van der Waals surface area contributed by atoms with Crippen molar-refractivity contribution in [2.75, 3.05) is 0 Å². The van der Waals surface area contributed by atoms with Crippen molar-refractivity contribution >= 4 is 17.4 Å². The van der Waals surface area contributed by atoms with Crippen molar-refractivity contribution in [1.82, 2.24) is 0 Å². The van der Waals surface area contributed by atoms with Crippen LogP contribution in [0.2, 0.25) is 5.02 Å². The fourth-order valence-electron chi connectivity index (χ4n) is 0.946. The van der Waals surface area contributed by atoms with Crippen LogP contribution in [0.3, 0.4) is 0 Å². The van der Waals surface area contributed by atoms with E-state index in [1.807, 2.05) is 0 Å². The molecule has 0 aliphatic heterocycles. The van der Waals surface area contributed by atoms with Crippen molar-refractivity contribution < 1.29 is 9.90 Å². The number of phenols is 1. The highest BCUT2D eigenvalue weighted by atomic mass is 35.5. The highest BCUT2D eigenvalue weighted by molar-refractivity contribution is 6.32. The number of rotatable bonds is 1. The summed E-state index contributed by atoms with van der Waals surface area (Å²) in [6.07, 6.45) is 0. The van der Waals surface area contributed by atoms with Gasteiger partial charge in [-0.3, -0.25) is 4.79 Å². The Balaban J connectivity index is 3.44. The predicted octanol–water partition coefficient (Wildman–Crippen LogP) is 2.12. The van der Waals surface area contributed by atoms with Crippen molar-refractivity contribution in [2.24, 2.45) is 0 Å². The Hall–Kier alpha value is -1.53. The molecule has 0 atom stereocenters. The van der Waals surface area contributed by atoms with Gasteiger partial charge in [-0.2, -0.15) is 5.26 Å². The molecule has 66 valence electrons. The maximum Gasteiger partial charge on any atom is 0.161 e. The number of hydrogen-bond acceptors (Lipinski definition) is 3. The third kappa shape index (κ3) is 1.79. The lowest BCUT2D eigenvalue weighted by Gasteiger charge is -2.01. The summed E-state index contributed by atoms with van der Waals surface area (Å²) in [5, 5.41) is 17.8. The number of benzene rings is 1. The number of aromatic hydroxyl groups is 1. The van der Waals surface area contributed by atoms with Gasteiger partial charge < -0.3 is 5.11 Å². The molecule has 0 aromatic heterocycles. The number of nitrogens with zero attached hydrogens (tertiary/aromatic N) is 1. The summed E-state index contributed by atoms with van der Waals surface area (Å²) in [7, 11) is 0. The minimum absolute atomic E-state index is 0.0733. The van der Waals surface area contributed by atoms with Gasteiger partial charge in [-0.15, -0.1) is 0 Å². The van der Waals surface area contributed by atoms with Crippen molar-refractivity contribution in [3.05, 3.63) is 28.3 Å². The third-order valence-electron chi connectivity index (χ3n) is 1.59. The summed E-state index contributed by atoms with van der Waals surface area (Å²) in [4.78, 5) is 11.0. The second-order valence-corrected chi connectivity index (χ2v) is 2.92. The SMILES string of the molecule is CC(=O)c1cc(Cl)c(O)cc1C#N. The van der Waals surface area contributed by atoms with Crippen LogP contribution in [0.5, 0.6) is 5.75 Å². The monoisotopic (exact) mass is 195 g/mol. The minimum Gasteiger partial charge on any atom is -0.506 e. The number of ketones is 1. The molecule has 0 amide bonds. The molecular formula is C9H6ClNO2. The van der Waals surface area contributed by atoms with Crippen LogP contribution < -0.4 is 0 Å². The largest absolute Gasteiger partial charge is 0.506 e. The Labute approximate surface area is 80.2 Å². The number of nitriles is 1. The molecule has 13 heavy (non-hydrogen) atoms. The molecular weight excluding hydrogens is 190 g/mol. The standard InChI is InChI=1S/C9H6ClNO2/c1-5(12)7-3-8(10)9(13)2-6(7)4-11/h2-3,13H,1H3. The molecule has 0 spiro atoms. The quantitative estimate of drug-likeness (QED) is 0.699. The first-order valence-electron chi connectivity index (χ1n) is 3.50. The lowest BCUT2D eigenvalue weighted by atomic mass is 10.1. The number of halogens is 1. The van der Waals surface area contributed by atoms with E-state index in [-0.39, 0.29) is 27.7 Å². The number of hydrogen-bond donors (Lipinski definition) is 1. The molecule has 1 aromatic carbocycles. The Morgan fingerprint density at radius 1 is 1.62 bits per heavy atom. The summed E-state index contributed by atoms with van der Waals surface area (Å²) in [5.74, 6) is -0.443. The first kappa shape index (κ1) is 9.56. The number of carbonyl (C=O) groups excluding carboxylic acids is 1. The molecule has 0 heterocycles. The van der Waals surface area contributed by atoms with E-state index in [0.29, 0.717) is 0 Å². The van der Waals surface area contributed by atoms with Crippen LogP contribution in [-0.2, 0) is 0 Å². The molecule has 1 aromatic rings. The van der Waals surface area contributed by atoms with Gasteiger partial charge in [0.1, 0.15) is 11.8 Å². The highest BCUT2D eigenvalue weighted by Crippen LogP contribution is 2.26. The molecule has 1 rings (SSSR count). The molecule has 0 saturated heterocycles. The zero-order chi connectivity index (χ0) is 10.0. The Morgan fingerprint density at radius 2 is 2.23 bits per heavy atom. The lowest BCUT2D eigenvalue weighted by Crippen LogP contribution is -1.96. The topological polar surface area (TPSA) is 61.1 Å². The predicted molar refractivity (Wildman–Crippen MR) is 47.8 cm³/mol. The molecule has 0 fully saturated rings. The van der Waals surface area contributed by atoms with Gasteiger partial charge >= 0.3 is 0 Å². The van der Waals surface area contributed by atoms with Gasteiger partial charge in [0.2, 0.25) is 0 Å². The van der Waals surface area contributed by atoms with E-state index in [9.17, 15) is 4.79 Å². The maximum absolute atomic E-state index is 11.0. The fraction of sp³-hybridized carbons (Fsp3) is 0.111. The molecule has 0 bridgehead atoms. The van der Waals surface area contributed by atoms with Gasteiger partial charge in [0, 0.05) is 5.56 Å². The van der Waals surface area contributed by atoms with E-state index >= 15 is 0 Å². The van der Waals surface area contributed by atoms with Crippen LogP contribution in [0.4, 0.5) is 0 Å². The van der Waals surface area contributed by atoms with Crippen molar-refractivity contribution in [1.29, 1.82) is 5.26 Å². The van der Waals surface area contributed by atoms with E-state index in [2.05, 4.69) is 0 Å². The van der Waals surface area contributed by atoms with Gasteiger partial charge in [0.15, 0.2) is 5.78 Å². The fourth-order valence-corrected chi connectivity index (χ4v) is 1.11. The first-order valence-corrected chi connectivity index (χ1v) is 3.87. The summed E-state index contributed by atoms with van der Waals surface area (Å²) >= 11 is 5.58. The summed E-state index contributed by atoms with van der Waals surface area (Å²) in [6.45, 7) is 1.34. The van der Waals surface area contributed by atoms with Crippen LogP contribution in [0.1, 0.15) is 22.8 Å². The molecule has 3 nitrogen and oxygen atoms in total. The van der Waals surface area contributed by atoms with Crippen LogP contribution >= 0.6 is 11.6 Å². The van der Waals surface area contributed by atoms with Crippen LogP contribution in [0.15, 0.2) is 12.1 Å². The van der Waals surface area contributed by atoms with Gasteiger partial charge in [0.05, 0.1) is 10.6 Å². The third-order valence-corrected chi connectivity index (χ3v) is 1.89. The smallest absolute Gasteiger partial charge is 0.161 e. The molecule has 4 heteroatoms. The lowest BCUT2D eigenvalue weighted by molar-refractivity contribution is 0.101. The van der Waals surface area contributed by atoms with Gasteiger partial charge in [-0.1, -0.05) is 11.6 Å². The minimum atomic E-state index is -0.251. The summed E-state index contributed by atoms with van der Waals surface area (Å²) in [5.41, 5.74) is 0.361. The second-order valence-electron chi connectivity index (χ2n) is 2.52. The Kier molecular flexibility index (Phi) is 2.54. The zero-order valence-electron chi connectivity index (χ0n) is 6.84. The average Bonchev–Trinajstić information content (AvgIpc) is 2.08. The van der Waals surface area contributed by atoms with Crippen molar-refractivity contribution in [2.45, 2.75) is 6.92 Å². The van der Waals surface area contributed by atoms with E-state index in [1.165, 1.54) is 19.1 Å². The van der Waals surface area contributed by atoms with E-state index in [4.69, 9.17) is 22.0 Å². The molecule has 0 radical (unpaired) electrons. The van der Waals surface area contributed by atoms with Gasteiger partial charge in [-0.25, -0.2) is 0 Å². The van der Waals surface area contributed by atoms with Crippen LogP contribution in [0, 0.1) is 11.3 Å². The van der Waals surface area contributed by atoms with E-state index in [0.717, 1.165) is 0 Å². The van der Waals surface area contributed by atoms with Gasteiger partial charge in [-0.05, 0) is 19.1 Å². The number of carbonyl (C=O) groups is 1. The highest BCUT2D eigenvalue weighted by Gasteiger charge is 2.10. The Bertz CT molecular complexity index is 407. The summed E-state index contributed by atoms with van der Waals surface area (Å²) < 4.78 is 0. The first-order chi connectivity index (χ1) is 6.06. The number of phenolic OH excluding ortho intramolecular Hbond substituents is 1. The Morgan fingerprint density at radius 3 is 2.69 bits per heavy atom. The van der Waals surface area contributed by atoms with Crippen molar-refractivity contribution in [3.8, 4) is 11.8 Å². The number of Topliss-reactive ketones (excluding diaryl/α,β-unsaturated/α-hetero) is 1. The molecule has 0 aliphatic rings. The average molecular weight is 196 g/mol. The van der Waals surface area contributed by atoms with E-state index in [1.54, 1.807) is 6.07 Å². The summed E-state index contributed by atoms with van der Waals surface area (Å²) in [6, 6.07) is 4.27. The van der Waals surface area contributed by atoms with Gasteiger partial charge in [0.25, 0.3) is 0 Å². The molecule has 1 N–H and O–H groups in total. The van der Waals surface area contributed by atoms with Crippen LogP contribution in [-0.4, -0.2) is 10.9 Å².